The van der Waals surface area contributed by atoms with Gasteiger partial charge >= 0.3 is 5.97 Å². The van der Waals surface area contributed by atoms with E-state index >= 15 is 0 Å². The van der Waals surface area contributed by atoms with E-state index in [2.05, 4.69) is 41.9 Å². The van der Waals surface area contributed by atoms with Crippen LogP contribution >= 0.6 is 15.9 Å². The van der Waals surface area contributed by atoms with E-state index in [1.807, 2.05) is 12.1 Å². The quantitative estimate of drug-likeness (QED) is 0.733. The molecule has 0 radical (unpaired) electrons. The minimum Gasteiger partial charge on any atom is -0.465 e. The van der Waals surface area contributed by atoms with Crippen molar-refractivity contribution in [3.8, 4) is 0 Å². The molecule has 0 saturated heterocycles. The van der Waals surface area contributed by atoms with Crippen LogP contribution in [0.3, 0.4) is 0 Å². The Morgan fingerprint density at radius 2 is 1.80 bits per heavy atom. The van der Waals surface area contributed by atoms with Gasteiger partial charge in [0.15, 0.2) is 0 Å². The van der Waals surface area contributed by atoms with Crippen LogP contribution in [0.5, 0.6) is 0 Å². The molecule has 20 heavy (non-hydrogen) atoms. The Labute approximate surface area is 130 Å². The number of ether oxygens (including phenoxy) is 1. The highest BCUT2D eigenvalue weighted by Gasteiger charge is 2.42. The van der Waals surface area contributed by atoms with Crippen molar-refractivity contribution >= 4 is 21.9 Å². The average molecular weight is 339 g/mol. The van der Waals surface area contributed by atoms with E-state index in [0.717, 1.165) is 35.7 Å². The summed E-state index contributed by atoms with van der Waals surface area (Å²) in [5.74, 6) is 0.345. The monoisotopic (exact) mass is 338 g/mol. The number of esters is 1. The fourth-order valence-corrected chi connectivity index (χ4v) is 3.18. The zero-order valence-electron chi connectivity index (χ0n) is 12.3. The Morgan fingerprint density at radius 1 is 1.20 bits per heavy atom. The molecule has 2 rings (SSSR count). The molecule has 0 aliphatic heterocycles. The van der Waals surface area contributed by atoms with E-state index in [-0.39, 0.29) is 5.97 Å². The second kappa shape index (κ2) is 6.75. The molecule has 1 saturated carbocycles. The number of hydrogen-bond donors (Lipinski definition) is 0. The summed E-state index contributed by atoms with van der Waals surface area (Å²) < 4.78 is 6.62. The number of hydrogen-bond acceptors (Lipinski definition) is 2. The predicted molar refractivity (Wildman–Crippen MR) is 84.7 cm³/mol. The first kappa shape index (κ1) is 15.6. The third kappa shape index (κ3) is 3.43. The smallest absolute Gasteiger partial charge is 0.316 e. The van der Waals surface area contributed by atoms with Crippen LogP contribution < -0.4 is 0 Å². The lowest BCUT2D eigenvalue weighted by molar-refractivity contribution is -0.153. The van der Waals surface area contributed by atoms with Crippen molar-refractivity contribution in [2.75, 3.05) is 6.61 Å². The maximum atomic E-state index is 12.7. The SMILES string of the molecule is CC(C)COC(=O)C1(c2ccc(Br)cc2)CCCCC1. The summed E-state index contributed by atoms with van der Waals surface area (Å²) in [4.78, 5) is 12.7. The van der Waals surface area contributed by atoms with Gasteiger partial charge in [-0.2, -0.15) is 0 Å². The fourth-order valence-electron chi connectivity index (χ4n) is 2.92. The lowest BCUT2D eigenvalue weighted by atomic mass is 9.69. The lowest BCUT2D eigenvalue weighted by Crippen LogP contribution is -2.40. The van der Waals surface area contributed by atoms with Crippen LogP contribution in [0.15, 0.2) is 28.7 Å². The summed E-state index contributed by atoms with van der Waals surface area (Å²) in [6, 6.07) is 8.15. The summed E-state index contributed by atoms with van der Waals surface area (Å²) in [5.41, 5.74) is 0.683. The summed E-state index contributed by atoms with van der Waals surface area (Å²) in [7, 11) is 0. The van der Waals surface area contributed by atoms with Gasteiger partial charge in [0.1, 0.15) is 0 Å². The molecule has 0 unspecified atom stereocenters. The van der Waals surface area contributed by atoms with Gasteiger partial charge in [-0.05, 0) is 36.5 Å². The molecule has 1 aliphatic rings. The van der Waals surface area contributed by atoms with Gasteiger partial charge in [-0.15, -0.1) is 0 Å². The topological polar surface area (TPSA) is 26.3 Å². The van der Waals surface area contributed by atoms with Crippen LogP contribution in [0.1, 0.15) is 51.5 Å². The molecule has 0 atom stereocenters. The Kier molecular flexibility index (Phi) is 5.25. The Bertz CT molecular complexity index is 445. The summed E-state index contributed by atoms with van der Waals surface area (Å²) in [6.07, 6.45) is 5.24. The van der Waals surface area contributed by atoms with Crippen LogP contribution in [0, 0.1) is 5.92 Å². The van der Waals surface area contributed by atoms with Crippen LogP contribution in [0.25, 0.3) is 0 Å². The molecule has 1 aromatic rings. The number of carbonyl (C=O) groups excluding carboxylic acids is 1. The zero-order valence-corrected chi connectivity index (χ0v) is 13.9. The summed E-state index contributed by atoms with van der Waals surface area (Å²) in [6.45, 7) is 4.65. The number of halogens is 1. The van der Waals surface area contributed by atoms with Crippen molar-refractivity contribution in [1.29, 1.82) is 0 Å². The second-order valence-corrected chi connectivity index (χ2v) is 7.06. The zero-order chi connectivity index (χ0) is 14.6. The Morgan fingerprint density at radius 3 is 2.35 bits per heavy atom. The minimum absolute atomic E-state index is 0.0341. The molecule has 1 fully saturated rings. The van der Waals surface area contributed by atoms with Gasteiger partial charge in [-0.25, -0.2) is 0 Å². The lowest BCUT2D eigenvalue weighted by Gasteiger charge is -2.35. The normalized spacial score (nSPS) is 18.0. The highest BCUT2D eigenvalue weighted by Crippen LogP contribution is 2.41. The Hall–Kier alpha value is -0.830. The van der Waals surface area contributed by atoms with E-state index in [1.165, 1.54) is 6.42 Å². The first-order valence-corrected chi connectivity index (χ1v) is 8.27. The van der Waals surface area contributed by atoms with Crippen LogP contribution in [-0.2, 0) is 14.9 Å². The highest BCUT2D eigenvalue weighted by molar-refractivity contribution is 9.10. The van der Waals surface area contributed by atoms with Gasteiger partial charge in [0.25, 0.3) is 0 Å². The maximum absolute atomic E-state index is 12.7. The van der Waals surface area contributed by atoms with Crippen LogP contribution in [0.2, 0.25) is 0 Å². The van der Waals surface area contributed by atoms with E-state index in [1.54, 1.807) is 0 Å². The molecule has 0 aromatic heterocycles. The van der Waals surface area contributed by atoms with E-state index in [0.29, 0.717) is 12.5 Å². The Balaban J connectivity index is 2.25. The van der Waals surface area contributed by atoms with Gasteiger partial charge in [-0.1, -0.05) is 61.2 Å². The molecule has 0 heterocycles. The number of carbonyl (C=O) groups is 1. The largest absolute Gasteiger partial charge is 0.465 e. The molecule has 1 aliphatic carbocycles. The van der Waals surface area contributed by atoms with Crippen molar-refractivity contribution < 1.29 is 9.53 Å². The number of rotatable bonds is 4. The molecule has 0 amide bonds. The minimum atomic E-state index is -0.423. The van der Waals surface area contributed by atoms with Crippen molar-refractivity contribution in [1.82, 2.24) is 0 Å². The molecule has 0 spiro atoms. The first-order valence-electron chi connectivity index (χ1n) is 7.48. The van der Waals surface area contributed by atoms with Gasteiger partial charge in [-0.3, -0.25) is 4.79 Å². The third-order valence-electron chi connectivity index (χ3n) is 4.04. The van der Waals surface area contributed by atoms with Crippen LogP contribution in [0.4, 0.5) is 0 Å². The molecule has 110 valence electrons. The van der Waals surface area contributed by atoms with Gasteiger partial charge in [0.2, 0.25) is 0 Å². The number of benzene rings is 1. The van der Waals surface area contributed by atoms with Crippen molar-refractivity contribution in [3.05, 3.63) is 34.3 Å². The standard InChI is InChI=1S/C17H23BrO2/c1-13(2)12-20-16(19)17(10-4-3-5-11-17)14-6-8-15(18)9-7-14/h6-9,13H,3-5,10-12H2,1-2H3. The summed E-state index contributed by atoms with van der Waals surface area (Å²) in [5, 5.41) is 0. The molecular weight excluding hydrogens is 316 g/mol. The van der Waals surface area contributed by atoms with Crippen molar-refractivity contribution in [2.24, 2.45) is 5.92 Å². The summed E-state index contributed by atoms with van der Waals surface area (Å²) >= 11 is 3.46. The van der Waals surface area contributed by atoms with E-state index in [9.17, 15) is 4.79 Å². The highest BCUT2D eigenvalue weighted by atomic mass is 79.9. The van der Waals surface area contributed by atoms with Crippen LogP contribution in [-0.4, -0.2) is 12.6 Å². The van der Waals surface area contributed by atoms with E-state index in [4.69, 9.17) is 4.74 Å². The molecule has 0 N–H and O–H groups in total. The molecule has 1 aromatic carbocycles. The second-order valence-electron chi connectivity index (χ2n) is 6.14. The first-order chi connectivity index (χ1) is 9.54. The predicted octanol–water partition coefficient (Wildman–Crippen LogP) is 4.85. The van der Waals surface area contributed by atoms with Crippen molar-refractivity contribution in [2.45, 2.75) is 51.4 Å². The molecule has 3 heteroatoms. The molecule has 2 nitrogen and oxygen atoms in total. The van der Waals surface area contributed by atoms with Gasteiger partial charge < -0.3 is 4.74 Å². The fraction of sp³-hybridized carbons (Fsp3) is 0.588. The van der Waals surface area contributed by atoms with E-state index < -0.39 is 5.41 Å². The van der Waals surface area contributed by atoms with Gasteiger partial charge in [0.05, 0.1) is 12.0 Å². The van der Waals surface area contributed by atoms with Gasteiger partial charge in [0, 0.05) is 4.47 Å². The average Bonchev–Trinajstić information content (AvgIpc) is 2.46. The van der Waals surface area contributed by atoms with Crippen molar-refractivity contribution in [3.63, 3.8) is 0 Å². The molecule has 0 bridgehead atoms. The maximum Gasteiger partial charge on any atom is 0.316 e. The third-order valence-corrected chi connectivity index (χ3v) is 4.57. The molecular formula is C17H23BrO2.